The summed E-state index contributed by atoms with van der Waals surface area (Å²) < 4.78 is 0. The molecule has 2 rings (SSSR count). The average molecular weight is 176 g/mol. The minimum atomic E-state index is 0.751. The third-order valence-electron chi connectivity index (χ3n) is 2.65. The highest BCUT2D eigenvalue weighted by Crippen LogP contribution is 2.29. The molecule has 0 aromatic carbocycles. The van der Waals surface area contributed by atoms with Crippen molar-refractivity contribution in [1.29, 1.82) is 0 Å². The number of hydrogen-bond acceptors (Lipinski definition) is 2. The van der Waals surface area contributed by atoms with Crippen molar-refractivity contribution in [3.63, 3.8) is 0 Å². The topological polar surface area (TPSA) is 24.9 Å². The minimum Gasteiger partial charge on any atom is -0.310 e. The highest BCUT2D eigenvalue weighted by molar-refractivity contribution is 5.13. The van der Waals surface area contributed by atoms with Crippen LogP contribution in [0.5, 0.6) is 0 Å². The van der Waals surface area contributed by atoms with Crippen LogP contribution in [0.4, 0.5) is 0 Å². The summed E-state index contributed by atoms with van der Waals surface area (Å²) in [6.07, 6.45) is 3.29. The second kappa shape index (κ2) is 3.46. The monoisotopic (exact) mass is 176 g/mol. The molecule has 1 aliphatic rings. The molecule has 0 aliphatic heterocycles. The molecule has 0 radical (unpaired) electrons. The van der Waals surface area contributed by atoms with Crippen molar-refractivity contribution in [3.8, 4) is 0 Å². The van der Waals surface area contributed by atoms with Crippen LogP contribution in [0.15, 0.2) is 18.3 Å². The predicted molar refractivity (Wildman–Crippen MR) is 53.4 cm³/mol. The Balaban J connectivity index is 1.84. The van der Waals surface area contributed by atoms with Gasteiger partial charge in [-0.1, -0.05) is 13.0 Å². The third-order valence-corrected chi connectivity index (χ3v) is 2.65. The van der Waals surface area contributed by atoms with Gasteiger partial charge in [-0.3, -0.25) is 4.98 Å². The molecule has 0 spiro atoms. The van der Waals surface area contributed by atoms with E-state index in [1.165, 1.54) is 12.0 Å². The molecule has 1 aromatic rings. The summed E-state index contributed by atoms with van der Waals surface area (Å²) in [5, 5.41) is 3.50. The van der Waals surface area contributed by atoms with Gasteiger partial charge in [-0.25, -0.2) is 0 Å². The van der Waals surface area contributed by atoms with Crippen LogP contribution in [0.25, 0.3) is 0 Å². The number of aromatic nitrogens is 1. The summed E-state index contributed by atoms with van der Waals surface area (Å²) in [5.74, 6) is 0.874. The number of hydrogen-bond donors (Lipinski definition) is 1. The fraction of sp³-hybridized carbons (Fsp3) is 0.545. The molecule has 0 amide bonds. The van der Waals surface area contributed by atoms with E-state index in [-0.39, 0.29) is 0 Å². The molecule has 2 unspecified atom stereocenters. The van der Waals surface area contributed by atoms with E-state index in [4.69, 9.17) is 0 Å². The van der Waals surface area contributed by atoms with Crippen LogP contribution in [0.2, 0.25) is 0 Å². The molecule has 2 atom stereocenters. The fourth-order valence-corrected chi connectivity index (χ4v) is 1.46. The fourth-order valence-electron chi connectivity index (χ4n) is 1.46. The smallest absolute Gasteiger partial charge is 0.0372 e. The van der Waals surface area contributed by atoms with Crippen molar-refractivity contribution in [2.24, 2.45) is 5.92 Å². The quantitative estimate of drug-likeness (QED) is 0.760. The van der Waals surface area contributed by atoms with Crippen molar-refractivity contribution in [2.75, 3.05) is 0 Å². The number of pyridine rings is 1. The van der Waals surface area contributed by atoms with Gasteiger partial charge in [0.25, 0.3) is 0 Å². The lowest BCUT2D eigenvalue weighted by molar-refractivity contribution is 0.651. The first-order valence-electron chi connectivity index (χ1n) is 4.90. The van der Waals surface area contributed by atoms with Crippen molar-refractivity contribution >= 4 is 0 Å². The first kappa shape index (κ1) is 8.70. The number of nitrogens with one attached hydrogen (secondary N) is 1. The molecule has 70 valence electrons. The first-order chi connectivity index (χ1) is 6.25. The predicted octanol–water partition coefficient (Wildman–Crippen LogP) is 1.89. The van der Waals surface area contributed by atoms with Gasteiger partial charge in [0.2, 0.25) is 0 Å². The molecule has 1 heterocycles. The number of rotatable bonds is 3. The van der Waals surface area contributed by atoms with Gasteiger partial charge in [-0.15, -0.1) is 0 Å². The summed E-state index contributed by atoms with van der Waals surface area (Å²) in [5.41, 5.74) is 2.37. The molecule has 1 saturated carbocycles. The van der Waals surface area contributed by atoms with Crippen molar-refractivity contribution in [1.82, 2.24) is 10.3 Å². The minimum absolute atomic E-state index is 0.751. The van der Waals surface area contributed by atoms with Crippen LogP contribution in [-0.4, -0.2) is 11.0 Å². The van der Waals surface area contributed by atoms with Gasteiger partial charge in [0, 0.05) is 24.5 Å². The van der Waals surface area contributed by atoms with Gasteiger partial charge in [0.1, 0.15) is 0 Å². The first-order valence-corrected chi connectivity index (χ1v) is 4.90. The summed E-state index contributed by atoms with van der Waals surface area (Å²) in [4.78, 5) is 4.26. The van der Waals surface area contributed by atoms with E-state index in [1.807, 2.05) is 13.1 Å². The molecule has 1 aliphatic carbocycles. The molecule has 2 nitrogen and oxygen atoms in total. The van der Waals surface area contributed by atoms with Gasteiger partial charge < -0.3 is 5.32 Å². The Kier molecular flexibility index (Phi) is 2.32. The maximum atomic E-state index is 4.26. The third kappa shape index (κ3) is 2.28. The van der Waals surface area contributed by atoms with Crippen LogP contribution in [0, 0.1) is 12.8 Å². The Hall–Kier alpha value is -0.890. The van der Waals surface area contributed by atoms with Crippen LogP contribution in [0.1, 0.15) is 24.6 Å². The van der Waals surface area contributed by atoms with Gasteiger partial charge >= 0.3 is 0 Å². The van der Waals surface area contributed by atoms with Gasteiger partial charge in [0.15, 0.2) is 0 Å². The molecule has 1 aromatic heterocycles. The Morgan fingerprint density at radius 1 is 1.54 bits per heavy atom. The molecule has 1 N–H and O–H groups in total. The molecule has 1 fully saturated rings. The van der Waals surface area contributed by atoms with Crippen LogP contribution >= 0.6 is 0 Å². The molecule has 0 bridgehead atoms. The maximum absolute atomic E-state index is 4.26. The molecule has 2 heteroatoms. The largest absolute Gasteiger partial charge is 0.310 e. The van der Waals surface area contributed by atoms with E-state index in [2.05, 4.69) is 29.4 Å². The average Bonchev–Trinajstić information content (AvgIpc) is 2.81. The van der Waals surface area contributed by atoms with Crippen molar-refractivity contribution in [2.45, 2.75) is 32.9 Å². The van der Waals surface area contributed by atoms with Gasteiger partial charge in [0.05, 0.1) is 0 Å². The van der Waals surface area contributed by atoms with Crippen molar-refractivity contribution in [3.05, 3.63) is 29.6 Å². The summed E-state index contributed by atoms with van der Waals surface area (Å²) in [7, 11) is 0. The standard InChI is InChI=1S/C11H16N2/c1-8-5-11(8)13-7-10-4-3-9(2)12-6-10/h3-4,6,8,11,13H,5,7H2,1-2H3. The zero-order valence-electron chi connectivity index (χ0n) is 8.25. The van der Waals surface area contributed by atoms with E-state index in [9.17, 15) is 0 Å². The van der Waals surface area contributed by atoms with E-state index in [0.29, 0.717) is 0 Å². The normalized spacial score (nSPS) is 26.0. The van der Waals surface area contributed by atoms with E-state index in [1.54, 1.807) is 0 Å². The highest BCUT2D eigenvalue weighted by Gasteiger charge is 2.31. The lowest BCUT2D eigenvalue weighted by Gasteiger charge is -2.02. The Bertz CT molecular complexity index is 279. The Labute approximate surface area is 79.4 Å². The second-order valence-electron chi connectivity index (χ2n) is 4.01. The maximum Gasteiger partial charge on any atom is 0.0372 e. The summed E-state index contributed by atoms with van der Waals surface area (Å²) in [6, 6.07) is 4.96. The Morgan fingerprint density at radius 3 is 2.85 bits per heavy atom. The molecular weight excluding hydrogens is 160 g/mol. The van der Waals surface area contributed by atoms with Gasteiger partial charge in [-0.2, -0.15) is 0 Å². The van der Waals surface area contributed by atoms with E-state index < -0.39 is 0 Å². The molecule has 0 saturated heterocycles. The SMILES string of the molecule is Cc1ccc(CNC2CC2C)cn1. The molecular formula is C11H16N2. The van der Waals surface area contributed by atoms with Gasteiger partial charge in [-0.05, 0) is 30.9 Å². The summed E-state index contributed by atoms with van der Waals surface area (Å²) >= 11 is 0. The number of aryl methyl sites for hydroxylation is 1. The second-order valence-corrected chi connectivity index (χ2v) is 4.01. The van der Waals surface area contributed by atoms with E-state index in [0.717, 1.165) is 24.2 Å². The molecule has 13 heavy (non-hydrogen) atoms. The lowest BCUT2D eigenvalue weighted by atomic mass is 10.2. The zero-order valence-corrected chi connectivity index (χ0v) is 8.25. The number of nitrogens with zero attached hydrogens (tertiary/aromatic N) is 1. The van der Waals surface area contributed by atoms with Crippen molar-refractivity contribution < 1.29 is 0 Å². The van der Waals surface area contributed by atoms with E-state index >= 15 is 0 Å². The van der Waals surface area contributed by atoms with Crippen LogP contribution < -0.4 is 5.32 Å². The van der Waals surface area contributed by atoms with Crippen LogP contribution in [0.3, 0.4) is 0 Å². The summed E-state index contributed by atoms with van der Waals surface area (Å²) in [6.45, 7) is 5.26. The zero-order chi connectivity index (χ0) is 9.26. The lowest BCUT2D eigenvalue weighted by Crippen LogP contribution is -2.17. The Morgan fingerprint density at radius 2 is 2.31 bits per heavy atom. The van der Waals surface area contributed by atoms with Crippen LogP contribution in [-0.2, 0) is 6.54 Å². The highest BCUT2D eigenvalue weighted by atomic mass is 15.0.